The Kier molecular flexibility index (Phi) is 8.46. The van der Waals surface area contributed by atoms with Gasteiger partial charge in [-0.1, -0.05) is 0 Å². The van der Waals surface area contributed by atoms with Gasteiger partial charge in [-0.15, -0.1) is 0 Å². The lowest BCUT2D eigenvalue weighted by molar-refractivity contribution is 0.0138. The molecule has 1 aromatic carbocycles. The summed E-state index contributed by atoms with van der Waals surface area (Å²) in [4.78, 5) is 49.6. The van der Waals surface area contributed by atoms with E-state index in [9.17, 15) is 27.9 Å². The van der Waals surface area contributed by atoms with Gasteiger partial charge in [-0.3, -0.25) is 9.79 Å². The van der Waals surface area contributed by atoms with Crippen molar-refractivity contribution < 1.29 is 42.1 Å². The van der Waals surface area contributed by atoms with Crippen molar-refractivity contribution >= 4 is 39.5 Å². The summed E-state index contributed by atoms with van der Waals surface area (Å²) in [6.07, 6.45) is -1.09. The Morgan fingerprint density at radius 3 is 2.13 bits per heavy atom. The van der Waals surface area contributed by atoms with Crippen molar-refractivity contribution in [3.63, 3.8) is 0 Å². The molecule has 45 heavy (non-hydrogen) atoms. The molecule has 0 aliphatic carbocycles. The zero-order valence-electron chi connectivity index (χ0n) is 26.9. The summed E-state index contributed by atoms with van der Waals surface area (Å²) in [5, 5.41) is 11.1. The molecular formula is C31H40N4O9S. The quantitative estimate of drug-likeness (QED) is 0.443. The molecule has 0 fully saturated rings. The lowest BCUT2D eigenvalue weighted by atomic mass is 9.86. The van der Waals surface area contributed by atoms with E-state index < -0.39 is 54.7 Å². The molecule has 2 atom stereocenters. The molecule has 4 rings (SSSR count). The Balaban J connectivity index is 1.91. The van der Waals surface area contributed by atoms with Crippen LogP contribution in [-0.2, 0) is 24.8 Å². The second-order valence-electron chi connectivity index (χ2n) is 13.6. The summed E-state index contributed by atoms with van der Waals surface area (Å²) in [5.41, 5.74) is -3.03. The summed E-state index contributed by atoms with van der Waals surface area (Å²) < 4.78 is 44.2. The SMILES string of the molecule is CC(C)(C)OC(=O)N(C(=O)OC(C)(C)C)C1=N[C@]2(C)c3cc(NC(=O)c4ccc(O)cn4)ccc3OCC[C@H]2S(=O)(=O)C1(C)C. The number of carbonyl (C=O) groups excluding carboxylic acids is 3. The van der Waals surface area contributed by atoms with Crippen molar-refractivity contribution in [2.45, 2.75) is 95.5 Å². The van der Waals surface area contributed by atoms with Gasteiger partial charge in [-0.05, 0) is 92.6 Å². The van der Waals surface area contributed by atoms with Crippen LogP contribution in [-0.4, -0.2) is 75.1 Å². The van der Waals surface area contributed by atoms with E-state index in [1.807, 2.05) is 0 Å². The first-order valence-corrected chi connectivity index (χ1v) is 15.9. The number of anilines is 1. The number of amides is 3. The van der Waals surface area contributed by atoms with E-state index in [-0.39, 0.29) is 36.0 Å². The second-order valence-corrected chi connectivity index (χ2v) is 16.3. The standard InChI is InChI=1S/C31H40N4O9S/c1-28(2,3)43-26(38)35(27(39)44-29(4,5)6)25-30(7,8)45(40,41)23-14-15-42-22-13-10-18(16-20(22)31(23,9)34-25)33-24(37)21-12-11-19(36)17-32-21/h10-13,16-17,23,36H,14-15H2,1-9H3,(H,33,37)/t23-,31-/m1/s1. The van der Waals surface area contributed by atoms with Gasteiger partial charge in [0.05, 0.1) is 18.1 Å². The zero-order chi connectivity index (χ0) is 33.8. The predicted octanol–water partition coefficient (Wildman–Crippen LogP) is 5.18. The van der Waals surface area contributed by atoms with Crippen LogP contribution < -0.4 is 10.1 Å². The van der Waals surface area contributed by atoms with Gasteiger partial charge in [0, 0.05) is 17.7 Å². The summed E-state index contributed by atoms with van der Waals surface area (Å²) in [7, 11) is -4.21. The Morgan fingerprint density at radius 2 is 1.60 bits per heavy atom. The molecular weight excluding hydrogens is 604 g/mol. The minimum Gasteiger partial charge on any atom is -0.506 e. The molecule has 14 heteroatoms. The number of ether oxygens (including phenoxy) is 3. The van der Waals surface area contributed by atoms with Crippen molar-refractivity contribution in [1.82, 2.24) is 9.88 Å². The number of hydrogen-bond acceptors (Lipinski definition) is 11. The molecule has 2 aliphatic rings. The van der Waals surface area contributed by atoms with Gasteiger partial charge in [0.2, 0.25) is 0 Å². The largest absolute Gasteiger partial charge is 0.506 e. The van der Waals surface area contributed by atoms with Gasteiger partial charge in [0.25, 0.3) is 5.91 Å². The number of hydrogen-bond donors (Lipinski definition) is 2. The highest BCUT2D eigenvalue weighted by atomic mass is 32.2. The smallest absolute Gasteiger partial charge is 0.425 e. The van der Waals surface area contributed by atoms with E-state index in [4.69, 9.17) is 19.2 Å². The van der Waals surface area contributed by atoms with Gasteiger partial charge in [0.15, 0.2) is 9.84 Å². The van der Waals surface area contributed by atoms with E-state index in [1.54, 1.807) is 66.7 Å². The van der Waals surface area contributed by atoms with Gasteiger partial charge in [-0.25, -0.2) is 23.0 Å². The predicted molar refractivity (Wildman–Crippen MR) is 166 cm³/mol. The molecule has 2 N–H and O–H groups in total. The highest BCUT2D eigenvalue weighted by Crippen LogP contribution is 2.49. The molecule has 3 amide bonds. The number of fused-ring (bicyclic) bond motifs is 3. The zero-order valence-corrected chi connectivity index (χ0v) is 27.7. The maximum Gasteiger partial charge on any atom is 0.425 e. The molecule has 2 aromatic rings. The molecule has 2 aliphatic heterocycles. The molecule has 3 heterocycles. The number of benzene rings is 1. The number of aliphatic imine (C=N–C) groups is 1. The van der Waals surface area contributed by atoms with Crippen LogP contribution in [0.15, 0.2) is 41.5 Å². The van der Waals surface area contributed by atoms with Crippen molar-refractivity contribution in [2.24, 2.45) is 4.99 Å². The lowest BCUT2D eigenvalue weighted by Gasteiger charge is -2.46. The molecule has 13 nitrogen and oxygen atoms in total. The molecule has 0 saturated carbocycles. The third kappa shape index (κ3) is 6.60. The summed E-state index contributed by atoms with van der Waals surface area (Å²) in [6.45, 7) is 14.1. The van der Waals surface area contributed by atoms with Gasteiger partial charge >= 0.3 is 12.2 Å². The van der Waals surface area contributed by atoms with E-state index in [0.717, 1.165) is 6.20 Å². The summed E-state index contributed by atoms with van der Waals surface area (Å²) in [5.74, 6) is -0.733. The highest BCUT2D eigenvalue weighted by molar-refractivity contribution is 7.94. The number of nitrogens with zero attached hydrogens (tertiary/aromatic N) is 3. The van der Waals surface area contributed by atoms with Crippen LogP contribution >= 0.6 is 0 Å². The summed E-state index contributed by atoms with van der Waals surface area (Å²) >= 11 is 0. The number of imide groups is 1. The van der Waals surface area contributed by atoms with E-state index >= 15 is 0 Å². The monoisotopic (exact) mass is 644 g/mol. The average molecular weight is 645 g/mol. The lowest BCUT2D eigenvalue weighted by Crippen LogP contribution is -2.64. The minimum absolute atomic E-state index is 0.0377. The number of aromatic hydroxyl groups is 1. The van der Waals surface area contributed by atoms with Gasteiger partial charge in [0.1, 0.15) is 44.5 Å². The molecule has 0 spiro atoms. The number of rotatable bonds is 2. The van der Waals surface area contributed by atoms with Crippen molar-refractivity contribution in [1.29, 1.82) is 0 Å². The van der Waals surface area contributed by atoms with Crippen LogP contribution in [0.1, 0.15) is 84.8 Å². The number of aromatic nitrogens is 1. The number of nitrogens with one attached hydrogen (secondary N) is 1. The molecule has 0 saturated heterocycles. The van der Waals surface area contributed by atoms with Crippen LogP contribution in [0.25, 0.3) is 0 Å². The molecule has 244 valence electrons. The number of sulfone groups is 1. The fraction of sp³-hybridized carbons (Fsp3) is 0.516. The van der Waals surface area contributed by atoms with Crippen LogP contribution in [0.3, 0.4) is 0 Å². The maximum atomic E-state index is 14.5. The molecule has 1 aromatic heterocycles. The Morgan fingerprint density at radius 1 is 1.00 bits per heavy atom. The molecule has 0 unspecified atom stereocenters. The Labute approximate surface area is 262 Å². The highest BCUT2D eigenvalue weighted by Gasteiger charge is 2.61. The Hall–Kier alpha value is -4.20. The number of pyridine rings is 1. The minimum atomic E-state index is -4.21. The molecule has 0 radical (unpaired) electrons. The first-order valence-electron chi connectivity index (χ1n) is 14.4. The third-order valence-corrected chi connectivity index (χ3v) is 10.4. The van der Waals surface area contributed by atoms with Crippen LogP contribution in [0.2, 0.25) is 0 Å². The normalized spacial score (nSPS) is 21.9. The Bertz CT molecular complexity index is 1630. The topological polar surface area (TPSA) is 174 Å². The van der Waals surface area contributed by atoms with Crippen LogP contribution in [0.5, 0.6) is 11.5 Å². The average Bonchev–Trinajstić information content (AvgIpc) is 3.02. The van der Waals surface area contributed by atoms with Gasteiger partial charge < -0.3 is 24.6 Å². The van der Waals surface area contributed by atoms with E-state index in [0.29, 0.717) is 16.2 Å². The van der Waals surface area contributed by atoms with Gasteiger partial charge in [-0.2, -0.15) is 4.90 Å². The first-order chi connectivity index (χ1) is 20.6. The number of carbonyl (C=O) groups is 3. The maximum absolute atomic E-state index is 14.5. The van der Waals surface area contributed by atoms with Crippen LogP contribution in [0, 0.1) is 0 Å². The summed E-state index contributed by atoms with van der Waals surface area (Å²) in [6, 6.07) is 7.39. The van der Waals surface area contributed by atoms with E-state index in [1.165, 1.54) is 26.0 Å². The van der Waals surface area contributed by atoms with Crippen molar-refractivity contribution in [3.05, 3.63) is 47.8 Å². The number of amidine groups is 1. The van der Waals surface area contributed by atoms with Crippen LogP contribution in [0.4, 0.5) is 15.3 Å². The fourth-order valence-corrected chi connectivity index (χ4v) is 7.48. The van der Waals surface area contributed by atoms with Crippen molar-refractivity contribution in [2.75, 3.05) is 11.9 Å². The van der Waals surface area contributed by atoms with Crippen molar-refractivity contribution in [3.8, 4) is 11.5 Å². The molecule has 0 bridgehead atoms. The van der Waals surface area contributed by atoms with E-state index in [2.05, 4.69) is 10.3 Å². The fourth-order valence-electron chi connectivity index (χ4n) is 5.18. The second kappa shape index (κ2) is 11.3. The first kappa shape index (κ1) is 33.7. The third-order valence-electron chi connectivity index (χ3n) is 7.35.